The van der Waals surface area contributed by atoms with Crippen molar-refractivity contribution in [1.82, 2.24) is 20.5 Å². The molecule has 0 aliphatic carbocycles. The van der Waals surface area contributed by atoms with Crippen LogP contribution in [0.1, 0.15) is 5.69 Å². The van der Waals surface area contributed by atoms with Crippen LogP contribution in [0.15, 0.2) is 34.0 Å². The number of oxime groups is 1. The molecular weight excluding hydrogens is 487 g/mol. The van der Waals surface area contributed by atoms with Gasteiger partial charge in [0, 0.05) is 18.2 Å². The maximum absolute atomic E-state index is 12.6. The third-order valence-corrected chi connectivity index (χ3v) is 6.37. The smallest absolute Gasteiger partial charge is 0.543 e. The first-order chi connectivity index (χ1) is 15.3. The molecule has 2 unspecified atom stereocenters. The molecule has 3 rings (SSSR count). The maximum atomic E-state index is 12.6. The van der Waals surface area contributed by atoms with E-state index < -0.39 is 41.0 Å². The van der Waals surface area contributed by atoms with Gasteiger partial charge in [0.1, 0.15) is 23.7 Å². The Labute approximate surface area is 217 Å². The molecule has 3 amide bonds. The molecule has 16 heteroatoms. The van der Waals surface area contributed by atoms with E-state index in [1.165, 1.54) is 36.3 Å². The number of carbonyl (C=O) groups is 4. The SMILES string of the molecule is CNC(=O)OC/C=C\C1=C(C(=O)[O-])N2C(=O)C(NC(=O)/C(=N\O)c3csc(N)n3)C2SC1.[Na+]. The minimum atomic E-state index is -1.56. The van der Waals surface area contributed by atoms with Crippen molar-refractivity contribution in [1.29, 1.82) is 0 Å². The van der Waals surface area contributed by atoms with Crippen molar-refractivity contribution >= 4 is 57.8 Å². The molecule has 170 valence electrons. The second kappa shape index (κ2) is 11.5. The van der Waals surface area contributed by atoms with E-state index in [4.69, 9.17) is 10.5 Å². The Morgan fingerprint density at radius 3 is 2.79 bits per heavy atom. The number of aromatic nitrogens is 1. The summed E-state index contributed by atoms with van der Waals surface area (Å²) in [6.07, 6.45) is 2.21. The zero-order valence-corrected chi connectivity index (χ0v) is 21.1. The number of carbonyl (C=O) groups excluding carboxylic acids is 4. The van der Waals surface area contributed by atoms with Gasteiger partial charge < -0.3 is 36.2 Å². The largest absolute Gasteiger partial charge is 1.00 e. The van der Waals surface area contributed by atoms with Crippen LogP contribution in [0, 0.1) is 0 Å². The van der Waals surface area contributed by atoms with Gasteiger partial charge in [-0.3, -0.25) is 14.5 Å². The van der Waals surface area contributed by atoms with Gasteiger partial charge >= 0.3 is 35.7 Å². The van der Waals surface area contributed by atoms with Crippen LogP contribution in [0.5, 0.6) is 0 Å². The summed E-state index contributed by atoms with van der Waals surface area (Å²) in [6, 6.07) is -1.04. The van der Waals surface area contributed by atoms with E-state index in [-0.39, 0.29) is 58.4 Å². The fourth-order valence-corrected chi connectivity index (χ4v) is 4.83. The molecule has 0 spiro atoms. The normalized spacial score (nSPS) is 20.0. The van der Waals surface area contributed by atoms with Crippen LogP contribution in [0.3, 0.4) is 0 Å². The van der Waals surface area contributed by atoms with Crippen molar-refractivity contribution in [3.05, 3.63) is 34.5 Å². The van der Waals surface area contributed by atoms with E-state index in [2.05, 4.69) is 20.8 Å². The monoisotopic (exact) mass is 504 g/mol. The maximum Gasteiger partial charge on any atom is 1.00 e. The number of nitrogens with one attached hydrogen (secondary N) is 2. The average Bonchev–Trinajstić information content (AvgIpc) is 3.20. The first kappa shape index (κ1) is 26.7. The summed E-state index contributed by atoms with van der Waals surface area (Å²) in [5.74, 6) is -2.90. The first-order valence-electron chi connectivity index (χ1n) is 8.93. The number of amides is 3. The Kier molecular flexibility index (Phi) is 9.30. The summed E-state index contributed by atoms with van der Waals surface area (Å²) < 4.78 is 4.79. The number of carboxylic acids is 1. The van der Waals surface area contributed by atoms with Gasteiger partial charge in [-0.25, -0.2) is 9.78 Å². The van der Waals surface area contributed by atoms with E-state index in [9.17, 15) is 29.5 Å². The summed E-state index contributed by atoms with van der Waals surface area (Å²) in [6.45, 7) is -0.103. The van der Waals surface area contributed by atoms with Gasteiger partial charge in [0.2, 0.25) is 0 Å². The third-order valence-electron chi connectivity index (χ3n) is 4.39. The minimum absolute atomic E-state index is 0. The number of hydrogen-bond donors (Lipinski definition) is 4. The van der Waals surface area contributed by atoms with Crippen LogP contribution < -0.4 is 51.0 Å². The third kappa shape index (κ3) is 5.67. The zero-order valence-electron chi connectivity index (χ0n) is 17.4. The molecule has 2 aliphatic rings. The number of alkyl carbamates (subject to hydrolysis) is 1. The fourth-order valence-electron chi connectivity index (χ4n) is 2.97. The molecule has 1 saturated heterocycles. The van der Waals surface area contributed by atoms with E-state index in [0.29, 0.717) is 5.57 Å². The summed E-state index contributed by atoms with van der Waals surface area (Å²) in [4.78, 5) is 52.8. The molecule has 0 aromatic carbocycles. The van der Waals surface area contributed by atoms with Crippen molar-refractivity contribution in [2.75, 3.05) is 25.1 Å². The number of nitrogens with zero attached hydrogens (tertiary/aromatic N) is 3. The van der Waals surface area contributed by atoms with E-state index >= 15 is 0 Å². The fraction of sp³-hybridized carbons (Fsp3) is 0.294. The zero-order chi connectivity index (χ0) is 23.4. The van der Waals surface area contributed by atoms with Crippen molar-refractivity contribution < 1.29 is 63.8 Å². The molecule has 33 heavy (non-hydrogen) atoms. The number of nitrogens with two attached hydrogens (primary N) is 1. The van der Waals surface area contributed by atoms with Gasteiger partial charge in [-0.15, -0.1) is 23.1 Å². The number of ether oxygens (including phenoxy) is 1. The Balaban J connectivity index is 0.00000385. The number of allylic oxidation sites excluding steroid dienone is 1. The predicted molar refractivity (Wildman–Crippen MR) is 111 cm³/mol. The number of thiazole rings is 1. The van der Waals surface area contributed by atoms with Crippen molar-refractivity contribution in [2.45, 2.75) is 11.4 Å². The van der Waals surface area contributed by atoms with Gasteiger partial charge in [-0.2, -0.15) is 0 Å². The van der Waals surface area contributed by atoms with E-state index in [1.54, 1.807) is 0 Å². The Morgan fingerprint density at radius 2 is 2.21 bits per heavy atom. The molecule has 1 aromatic heterocycles. The van der Waals surface area contributed by atoms with Crippen LogP contribution in [-0.2, 0) is 19.1 Å². The summed E-state index contributed by atoms with van der Waals surface area (Å²) in [7, 11) is 1.40. The summed E-state index contributed by atoms with van der Waals surface area (Å²) in [5, 5.41) is 29.4. The van der Waals surface area contributed by atoms with Crippen LogP contribution in [0.2, 0.25) is 0 Å². The quantitative estimate of drug-likeness (QED) is 0.0919. The number of fused-ring (bicyclic) bond motifs is 1. The second-order valence-electron chi connectivity index (χ2n) is 6.29. The van der Waals surface area contributed by atoms with Gasteiger partial charge in [0.05, 0.1) is 11.7 Å². The number of anilines is 1. The predicted octanol–water partition coefficient (Wildman–Crippen LogP) is -4.78. The molecule has 1 aromatic rings. The Bertz CT molecular complexity index is 1060. The standard InChI is InChI=1S/C17H18N6O7S2.Na/c1-19-17(28)30-4-2-3-7-5-31-14-10(13(25)23(14)11(7)15(26)27)21-12(24)9(22-29)8-6-32-16(18)20-8;/h2-3,6,10,14,29H,4-5H2,1H3,(H2,18,20)(H,19,28)(H,21,24)(H,26,27);/q;+1/p-1/b3-2-,22-9-;. The molecule has 3 heterocycles. The van der Waals surface area contributed by atoms with E-state index in [0.717, 1.165) is 16.2 Å². The number of aliphatic carboxylic acids is 1. The van der Waals surface area contributed by atoms with Gasteiger partial charge in [-0.05, 0) is 11.6 Å². The summed E-state index contributed by atoms with van der Waals surface area (Å²) >= 11 is 2.26. The molecule has 13 nitrogen and oxygen atoms in total. The molecule has 0 bridgehead atoms. The topological polar surface area (TPSA) is 199 Å². The molecule has 0 saturated carbocycles. The first-order valence-corrected chi connectivity index (χ1v) is 10.9. The van der Waals surface area contributed by atoms with Crippen molar-refractivity contribution in [2.24, 2.45) is 5.16 Å². The molecular formula is C17H17N6NaO7S2. The van der Waals surface area contributed by atoms with Crippen LogP contribution in [-0.4, -0.2) is 75.5 Å². The minimum Gasteiger partial charge on any atom is -0.543 e. The molecule has 5 N–H and O–H groups in total. The van der Waals surface area contributed by atoms with Gasteiger partial charge in [0.25, 0.3) is 11.8 Å². The second-order valence-corrected chi connectivity index (χ2v) is 8.29. The van der Waals surface area contributed by atoms with Crippen molar-refractivity contribution in [3.63, 3.8) is 0 Å². The number of hydrogen-bond acceptors (Lipinski definition) is 12. The number of nitrogen functional groups attached to an aromatic ring is 1. The van der Waals surface area contributed by atoms with Crippen molar-refractivity contribution in [3.8, 4) is 0 Å². The Hall–Kier alpha value is -2.59. The molecule has 0 radical (unpaired) electrons. The number of carboxylic acid groups (broad SMARTS) is 1. The number of thioether (sulfide) groups is 1. The van der Waals surface area contributed by atoms with Crippen LogP contribution in [0.25, 0.3) is 0 Å². The molecule has 1 fully saturated rings. The number of rotatable bonds is 7. The molecule has 2 atom stereocenters. The summed E-state index contributed by atoms with van der Waals surface area (Å²) in [5.41, 5.74) is 5.08. The molecule has 2 aliphatic heterocycles. The van der Waals surface area contributed by atoms with Crippen LogP contribution >= 0.6 is 23.1 Å². The number of β-lactam (4-membered cyclic amide) rings is 1. The average molecular weight is 504 g/mol. The van der Waals surface area contributed by atoms with Crippen LogP contribution in [0.4, 0.5) is 9.93 Å². The Morgan fingerprint density at radius 1 is 1.48 bits per heavy atom. The van der Waals surface area contributed by atoms with E-state index in [1.807, 2.05) is 0 Å². The van der Waals surface area contributed by atoms with Gasteiger partial charge in [0.15, 0.2) is 10.8 Å². The van der Waals surface area contributed by atoms with Gasteiger partial charge in [-0.1, -0.05) is 11.2 Å².